The van der Waals surface area contributed by atoms with Crippen LogP contribution in [0.1, 0.15) is 37.9 Å². The average Bonchev–Trinajstić information content (AvgIpc) is 2.77. The molecule has 0 radical (unpaired) electrons. The van der Waals surface area contributed by atoms with E-state index in [-0.39, 0.29) is 11.6 Å². The largest absolute Gasteiger partial charge is 0.383 e. The summed E-state index contributed by atoms with van der Waals surface area (Å²) in [5, 5.41) is 4.35. The molecule has 1 fully saturated rings. The Morgan fingerprint density at radius 1 is 1.63 bits per heavy atom. The Morgan fingerprint density at radius 2 is 2.42 bits per heavy atom. The molecule has 1 aromatic heterocycles. The molecule has 0 bridgehead atoms. The lowest BCUT2D eigenvalue weighted by Gasteiger charge is -2.39. The van der Waals surface area contributed by atoms with Crippen molar-refractivity contribution in [1.29, 1.82) is 0 Å². The molecular formula is C13H22BrN3O2. The van der Waals surface area contributed by atoms with Gasteiger partial charge in [-0.05, 0) is 42.1 Å². The zero-order valence-corrected chi connectivity index (χ0v) is 13.1. The van der Waals surface area contributed by atoms with Crippen molar-refractivity contribution < 1.29 is 9.47 Å². The highest BCUT2D eigenvalue weighted by atomic mass is 79.9. The Morgan fingerprint density at radius 3 is 3.05 bits per heavy atom. The van der Waals surface area contributed by atoms with Crippen molar-refractivity contribution >= 4 is 15.9 Å². The van der Waals surface area contributed by atoms with Crippen molar-refractivity contribution in [1.82, 2.24) is 9.78 Å². The molecule has 1 aliphatic heterocycles. The second-order valence-corrected chi connectivity index (χ2v) is 6.04. The first-order valence-electron chi connectivity index (χ1n) is 6.68. The molecule has 2 unspecified atom stereocenters. The van der Waals surface area contributed by atoms with E-state index in [2.05, 4.69) is 28.0 Å². The molecule has 5 nitrogen and oxygen atoms in total. The fraction of sp³-hybridized carbons (Fsp3) is 0.769. The van der Waals surface area contributed by atoms with Crippen LogP contribution in [0.3, 0.4) is 0 Å². The lowest BCUT2D eigenvalue weighted by Crippen LogP contribution is -2.44. The van der Waals surface area contributed by atoms with Gasteiger partial charge in [0.05, 0.1) is 41.2 Å². The van der Waals surface area contributed by atoms with E-state index < -0.39 is 0 Å². The van der Waals surface area contributed by atoms with E-state index in [1.807, 2.05) is 4.68 Å². The Balaban J connectivity index is 2.21. The normalized spacial score (nSPS) is 25.5. The van der Waals surface area contributed by atoms with Gasteiger partial charge in [-0.3, -0.25) is 4.68 Å². The second-order valence-electron chi connectivity index (χ2n) is 5.19. The summed E-state index contributed by atoms with van der Waals surface area (Å²) in [4.78, 5) is 0. The summed E-state index contributed by atoms with van der Waals surface area (Å²) in [6.07, 6.45) is 5.05. The fourth-order valence-electron chi connectivity index (χ4n) is 2.53. The summed E-state index contributed by atoms with van der Waals surface area (Å²) in [5.74, 6) is 0. The molecule has 108 valence electrons. The van der Waals surface area contributed by atoms with Crippen LogP contribution in [0.2, 0.25) is 0 Å². The smallest absolute Gasteiger partial charge is 0.0861 e. The molecule has 2 atom stereocenters. The number of rotatable bonds is 5. The van der Waals surface area contributed by atoms with Crippen molar-refractivity contribution in [3.05, 3.63) is 16.4 Å². The second kappa shape index (κ2) is 6.35. The zero-order valence-electron chi connectivity index (χ0n) is 11.6. The topological polar surface area (TPSA) is 62.3 Å². The summed E-state index contributed by atoms with van der Waals surface area (Å²) >= 11 is 3.54. The van der Waals surface area contributed by atoms with Gasteiger partial charge < -0.3 is 15.2 Å². The van der Waals surface area contributed by atoms with Crippen LogP contribution in [0.15, 0.2) is 10.7 Å². The summed E-state index contributed by atoms with van der Waals surface area (Å²) in [6.45, 7) is 4.19. The third kappa shape index (κ3) is 3.18. The van der Waals surface area contributed by atoms with E-state index in [4.69, 9.17) is 15.2 Å². The van der Waals surface area contributed by atoms with Crippen LogP contribution in [-0.2, 0) is 16.0 Å². The number of aromatic nitrogens is 2. The maximum Gasteiger partial charge on any atom is 0.0861 e. The van der Waals surface area contributed by atoms with E-state index in [1.54, 1.807) is 13.3 Å². The van der Waals surface area contributed by atoms with Gasteiger partial charge in [0.25, 0.3) is 0 Å². The number of hydrogen-bond donors (Lipinski definition) is 1. The number of nitrogens with two attached hydrogens (primary N) is 1. The maximum atomic E-state index is 6.47. The van der Waals surface area contributed by atoms with Crippen LogP contribution in [0, 0.1) is 0 Å². The Hall–Kier alpha value is -0.430. The third-order valence-corrected chi connectivity index (χ3v) is 4.40. The van der Waals surface area contributed by atoms with Crippen molar-refractivity contribution in [2.24, 2.45) is 5.73 Å². The van der Waals surface area contributed by atoms with Gasteiger partial charge in [0.2, 0.25) is 0 Å². The molecule has 0 amide bonds. The number of ether oxygens (including phenoxy) is 2. The highest BCUT2D eigenvalue weighted by Crippen LogP contribution is 2.37. The minimum Gasteiger partial charge on any atom is -0.383 e. The van der Waals surface area contributed by atoms with Crippen LogP contribution in [-0.4, -0.2) is 35.7 Å². The lowest BCUT2D eigenvalue weighted by molar-refractivity contribution is -0.0837. The van der Waals surface area contributed by atoms with E-state index in [0.717, 1.165) is 36.0 Å². The Kier molecular flexibility index (Phi) is 5.00. The SMILES string of the molecule is COCCn1ncc(Br)c1C(N)C1(C)CCCCO1. The predicted octanol–water partition coefficient (Wildman–Crippen LogP) is 2.25. The van der Waals surface area contributed by atoms with Gasteiger partial charge in [0, 0.05) is 13.7 Å². The molecule has 6 heteroatoms. The Bertz CT molecular complexity index is 416. The van der Waals surface area contributed by atoms with Crippen LogP contribution in [0.4, 0.5) is 0 Å². The first-order chi connectivity index (χ1) is 9.08. The molecule has 0 saturated carbocycles. The summed E-state index contributed by atoms with van der Waals surface area (Å²) in [6, 6.07) is -0.193. The minimum atomic E-state index is -0.314. The quantitative estimate of drug-likeness (QED) is 0.898. The number of halogens is 1. The van der Waals surface area contributed by atoms with E-state index in [0.29, 0.717) is 13.2 Å². The van der Waals surface area contributed by atoms with Crippen LogP contribution in [0.5, 0.6) is 0 Å². The first-order valence-corrected chi connectivity index (χ1v) is 7.47. The summed E-state index contributed by atoms with van der Waals surface area (Å²) < 4.78 is 13.9. The van der Waals surface area contributed by atoms with E-state index in [1.165, 1.54) is 0 Å². The highest BCUT2D eigenvalue weighted by molar-refractivity contribution is 9.10. The molecule has 0 aliphatic carbocycles. The fourth-order valence-corrected chi connectivity index (χ4v) is 3.07. The molecule has 19 heavy (non-hydrogen) atoms. The molecule has 2 N–H and O–H groups in total. The molecule has 1 saturated heterocycles. The van der Waals surface area contributed by atoms with E-state index >= 15 is 0 Å². The maximum absolute atomic E-state index is 6.47. The number of methoxy groups -OCH3 is 1. The van der Waals surface area contributed by atoms with Crippen molar-refractivity contribution in [3.63, 3.8) is 0 Å². The van der Waals surface area contributed by atoms with Gasteiger partial charge in [0.1, 0.15) is 0 Å². The third-order valence-electron chi connectivity index (χ3n) is 3.79. The van der Waals surface area contributed by atoms with Gasteiger partial charge in [-0.15, -0.1) is 0 Å². The van der Waals surface area contributed by atoms with Crippen molar-refractivity contribution in [2.75, 3.05) is 20.3 Å². The molecule has 1 aliphatic rings. The molecule has 1 aromatic rings. The molecular weight excluding hydrogens is 310 g/mol. The number of hydrogen-bond acceptors (Lipinski definition) is 4. The lowest BCUT2D eigenvalue weighted by atomic mass is 9.87. The van der Waals surface area contributed by atoms with Gasteiger partial charge in [-0.25, -0.2) is 0 Å². The van der Waals surface area contributed by atoms with Gasteiger partial charge in [-0.2, -0.15) is 5.10 Å². The molecule has 2 heterocycles. The van der Waals surface area contributed by atoms with Crippen LogP contribution in [0.25, 0.3) is 0 Å². The van der Waals surface area contributed by atoms with Gasteiger partial charge in [-0.1, -0.05) is 0 Å². The molecule has 0 aromatic carbocycles. The highest BCUT2D eigenvalue weighted by Gasteiger charge is 2.38. The predicted molar refractivity (Wildman–Crippen MR) is 76.9 cm³/mol. The van der Waals surface area contributed by atoms with Crippen molar-refractivity contribution in [2.45, 2.75) is 44.4 Å². The zero-order chi connectivity index (χ0) is 13.9. The first kappa shape index (κ1) is 15.0. The monoisotopic (exact) mass is 331 g/mol. The van der Waals surface area contributed by atoms with Crippen LogP contribution >= 0.6 is 15.9 Å². The summed E-state index contributed by atoms with van der Waals surface area (Å²) in [7, 11) is 1.68. The minimum absolute atomic E-state index is 0.193. The average molecular weight is 332 g/mol. The van der Waals surface area contributed by atoms with Crippen molar-refractivity contribution in [3.8, 4) is 0 Å². The Labute approximate surface area is 122 Å². The van der Waals surface area contributed by atoms with Gasteiger partial charge >= 0.3 is 0 Å². The number of nitrogens with zero attached hydrogens (tertiary/aromatic N) is 2. The molecule has 0 spiro atoms. The van der Waals surface area contributed by atoms with Gasteiger partial charge in [0.15, 0.2) is 0 Å². The van der Waals surface area contributed by atoms with Crippen LogP contribution < -0.4 is 5.73 Å². The summed E-state index contributed by atoms with van der Waals surface area (Å²) in [5.41, 5.74) is 7.14. The van der Waals surface area contributed by atoms with E-state index in [9.17, 15) is 0 Å². The molecule has 2 rings (SSSR count). The standard InChI is InChI=1S/C13H22BrN3O2/c1-13(5-3-4-7-19-13)12(15)11-10(14)9-16-17(11)6-8-18-2/h9,12H,3-8,15H2,1-2H3.